The highest BCUT2D eigenvalue weighted by molar-refractivity contribution is 5.99. The molecular formula is C29H36N6O6. The summed E-state index contributed by atoms with van der Waals surface area (Å²) in [6.07, 6.45) is 4.12. The molecule has 5 rings (SSSR count). The number of hydrogen-bond acceptors (Lipinski definition) is 10. The van der Waals surface area contributed by atoms with Crippen LogP contribution in [0.2, 0.25) is 0 Å². The zero-order chi connectivity index (χ0) is 29.2. The van der Waals surface area contributed by atoms with Crippen LogP contribution in [-0.2, 0) is 11.3 Å². The molecule has 12 heteroatoms. The van der Waals surface area contributed by atoms with Gasteiger partial charge in [-0.15, -0.1) is 0 Å². The van der Waals surface area contributed by atoms with E-state index in [2.05, 4.69) is 30.9 Å². The lowest BCUT2D eigenvalue weighted by Gasteiger charge is -2.21. The maximum absolute atomic E-state index is 13.2. The van der Waals surface area contributed by atoms with Crippen LogP contribution in [0.1, 0.15) is 61.9 Å². The molecule has 1 aromatic heterocycles. The standard InChI is InChI=1S/C29H36N6O6/c1-3-18(2)24(26(37)38)32-25(36)22-13-10-20-16-23(22)41-15-7-5-4-6-14-40-21-11-8-19(9-12-21)17-30-27-33-28(31-20)35-29(39)34-27/h8-13,16,18,24H,3-7,14-15,17H2,1-2H3,(H,32,36)(H,37,38)(H3,30,31,33,34,35,39)/t18-,24+/m1/s1. The van der Waals surface area contributed by atoms with Crippen molar-refractivity contribution in [2.75, 3.05) is 23.8 Å². The van der Waals surface area contributed by atoms with Gasteiger partial charge >= 0.3 is 12.0 Å². The van der Waals surface area contributed by atoms with Gasteiger partial charge < -0.3 is 35.6 Å². The third-order valence-corrected chi connectivity index (χ3v) is 6.81. The van der Waals surface area contributed by atoms with E-state index < -0.39 is 23.9 Å². The molecule has 0 spiro atoms. The zero-order valence-corrected chi connectivity index (χ0v) is 23.2. The van der Waals surface area contributed by atoms with Crippen molar-refractivity contribution >= 4 is 29.5 Å². The average Bonchev–Trinajstić information content (AvgIpc) is 2.95. The quantitative estimate of drug-likeness (QED) is 0.296. The molecule has 6 bridgehead atoms. The molecule has 5 N–H and O–H groups in total. The molecule has 12 nitrogen and oxygen atoms in total. The molecule has 2 aromatic carbocycles. The first kappa shape index (κ1) is 29.4. The monoisotopic (exact) mass is 564 g/mol. The molecule has 0 aliphatic carbocycles. The first-order valence-electron chi connectivity index (χ1n) is 13.8. The van der Waals surface area contributed by atoms with Crippen LogP contribution < -0.4 is 25.4 Å². The van der Waals surface area contributed by atoms with E-state index in [0.717, 1.165) is 37.0 Å². The Labute approximate surface area is 238 Å². The van der Waals surface area contributed by atoms with Crippen LogP contribution in [0.4, 0.5) is 17.6 Å². The van der Waals surface area contributed by atoms with E-state index in [9.17, 15) is 19.8 Å². The van der Waals surface area contributed by atoms with Crippen LogP contribution >= 0.6 is 0 Å². The highest BCUT2D eigenvalue weighted by Gasteiger charge is 2.27. The van der Waals surface area contributed by atoms with E-state index in [-0.39, 0.29) is 29.1 Å². The third kappa shape index (κ3) is 8.44. The number of nitrogens with zero attached hydrogens (tertiary/aromatic N) is 3. The Hall–Kier alpha value is -4.61. The summed E-state index contributed by atoms with van der Waals surface area (Å²) in [6, 6.07) is 11.0. The number of aromatic nitrogens is 3. The van der Waals surface area contributed by atoms with Crippen molar-refractivity contribution in [1.82, 2.24) is 20.3 Å². The fourth-order valence-corrected chi connectivity index (χ4v) is 4.25. The number of carbonyl (C=O) groups excluding carboxylic acids is 1. The minimum atomic E-state index is -1.09. The number of anilines is 3. The Kier molecular flexibility index (Phi) is 10.1. The Bertz CT molecular complexity index is 1340. The lowest BCUT2D eigenvalue weighted by molar-refractivity contribution is -0.140. The molecule has 0 saturated heterocycles. The summed E-state index contributed by atoms with van der Waals surface area (Å²) in [5, 5.41) is 28.5. The summed E-state index contributed by atoms with van der Waals surface area (Å²) >= 11 is 0. The van der Waals surface area contributed by atoms with Gasteiger partial charge in [0.1, 0.15) is 17.5 Å². The van der Waals surface area contributed by atoms with Gasteiger partial charge in [-0.3, -0.25) is 4.79 Å². The number of carboxylic acid groups (broad SMARTS) is 1. The number of carbonyl (C=O) groups is 2. The van der Waals surface area contributed by atoms with E-state index in [1.54, 1.807) is 25.1 Å². The molecule has 41 heavy (non-hydrogen) atoms. The number of nitrogens with one attached hydrogen (secondary N) is 3. The fourth-order valence-electron chi connectivity index (χ4n) is 4.25. The molecule has 0 radical (unpaired) electrons. The average molecular weight is 565 g/mol. The zero-order valence-electron chi connectivity index (χ0n) is 23.2. The largest absolute Gasteiger partial charge is 0.494 e. The van der Waals surface area contributed by atoms with Gasteiger partial charge in [0, 0.05) is 18.3 Å². The van der Waals surface area contributed by atoms with Gasteiger partial charge in [-0.25, -0.2) is 4.79 Å². The van der Waals surface area contributed by atoms with Gasteiger partial charge in [0.2, 0.25) is 11.9 Å². The van der Waals surface area contributed by atoms with E-state index in [4.69, 9.17) is 9.47 Å². The maximum Gasteiger partial charge on any atom is 0.326 e. The summed E-state index contributed by atoms with van der Waals surface area (Å²) in [5.74, 6) is -0.567. The summed E-state index contributed by atoms with van der Waals surface area (Å²) in [4.78, 5) is 37.2. The number of benzene rings is 2. The second-order valence-corrected chi connectivity index (χ2v) is 9.90. The smallest absolute Gasteiger partial charge is 0.326 e. The van der Waals surface area contributed by atoms with Crippen LogP contribution in [0.25, 0.3) is 0 Å². The minimum absolute atomic E-state index is 0.0838. The Morgan fingerprint density at radius 2 is 1.68 bits per heavy atom. The Balaban J connectivity index is 1.59. The molecule has 0 saturated carbocycles. The molecule has 0 unspecified atom stereocenters. The van der Waals surface area contributed by atoms with Gasteiger partial charge in [-0.05, 0) is 61.4 Å². The summed E-state index contributed by atoms with van der Waals surface area (Å²) in [6.45, 7) is 5.03. The van der Waals surface area contributed by atoms with Crippen LogP contribution in [0.3, 0.4) is 0 Å². The van der Waals surface area contributed by atoms with Crippen LogP contribution in [0, 0.1) is 5.92 Å². The summed E-state index contributed by atoms with van der Waals surface area (Å²) in [5.41, 5.74) is 1.69. The van der Waals surface area contributed by atoms with Gasteiger partial charge in [0.25, 0.3) is 5.91 Å². The normalized spacial score (nSPS) is 15.5. The van der Waals surface area contributed by atoms with Crippen molar-refractivity contribution in [2.45, 2.75) is 58.5 Å². The van der Waals surface area contributed by atoms with E-state index in [1.807, 2.05) is 31.2 Å². The molecule has 3 heterocycles. The number of ether oxygens (including phenoxy) is 2. The van der Waals surface area contributed by atoms with Crippen molar-refractivity contribution in [1.29, 1.82) is 0 Å². The highest BCUT2D eigenvalue weighted by Crippen LogP contribution is 2.27. The van der Waals surface area contributed by atoms with Gasteiger partial charge in [0.05, 0.1) is 18.8 Å². The molecule has 0 fully saturated rings. The third-order valence-electron chi connectivity index (χ3n) is 6.81. The second-order valence-electron chi connectivity index (χ2n) is 9.90. The molecule has 2 atom stereocenters. The Morgan fingerprint density at radius 3 is 2.39 bits per heavy atom. The number of aromatic hydroxyl groups is 1. The maximum atomic E-state index is 13.2. The number of rotatable bonds is 5. The lowest BCUT2D eigenvalue weighted by Crippen LogP contribution is -2.45. The van der Waals surface area contributed by atoms with Crippen LogP contribution in [0.5, 0.6) is 17.5 Å². The van der Waals surface area contributed by atoms with Crippen molar-refractivity contribution in [3.8, 4) is 17.5 Å². The first-order valence-corrected chi connectivity index (χ1v) is 13.8. The SMILES string of the molecule is CC[C@@H](C)[C@H](NC(=O)c1ccc2cc1OCCCCCCOc1ccc(cc1)CNc1nc(O)nc(n1)N2)C(=O)O. The molecule has 2 aliphatic rings. The molecular weight excluding hydrogens is 528 g/mol. The number of fused-ring (bicyclic) bond motifs is 10. The van der Waals surface area contributed by atoms with Crippen LogP contribution in [-0.4, -0.2) is 56.3 Å². The van der Waals surface area contributed by atoms with Gasteiger partial charge in [-0.2, -0.15) is 15.0 Å². The number of aliphatic carboxylic acids is 1. The Morgan fingerprint density at radius 1 is 0.976 bits per heavy atom. The van der Waals surface area contributed by atoms with Crippen molar-refractivity contribution in [3.05, 3.63) is 53.6 Å². The summed E-state index contributed by atoms with van der Waals surface area (Å²) in [7, 11) is 0. The molecule has 218 valence electrons. The lowest BCUT2D eigenvalue weighted by atomic mass is 9.99. The molecule has 2 aliphatic heterocycles. The fraction of sp³-hybridized carbons (Fsp3) is 0.414. The van der Waals surface area contributed by atoms with Gasteiger partial charge in [0.15, 0.2) is 0 Å². The number of hydrogen-bond donors (Lipinski definition) is 5. The minimum Gasteiger partial charge on any atom is -0.494 e. The second kappa shape index (κ2) is 14.1. The van der Waals surface area contributed by atoms with Crippen molar-refractivity contribution < 1.29 is 29.3 Å². The highest BCUT2D eigenvalue weighted by atomic mass is 16.5. The summed E-state index contributed by atoms with van der Waals surface area (Å²) < 4.78 is 11.9. The predicted molar refractivity (Wildman–Crippen MR) is 153 cm³/mol. The molecule has 1 amide bonds. The number of carboxylic acids is 1. The topological polar surface area (TPSA) is 168 Å². The number of amides is 1. The van der Waals surface area contributed by atoms with E-state index >= 15 is 0 Å². The van der Waals surface area contributed by atoms with E-state index in [0.29, 0.717) is 31.9 Å². The molecule has 3 aromatic rings. The van der Waals surface area contributed by atoms with Crippen LogP contribution in [0.15, 0.2) is 42.5 Å². The predicted octanol–water partition coefficient (Wildman–Crippen LogP) is 4.49. The van der Waals surface area contributed by atoms with Crippen molar-refractivity contribution in [3.63, 3.8) is 0 Å². The van der Waals surface area contributed by atoms with E-state index in [1.165, 1.54) is 0 Å². The first-order chi connectivity index (χ1) is 19.8. The van der Waals surface area contributed by atoms with Gasteiger partial charge in [-0.1, -0.05) is 32.4 Å². The van der Waals surface area contributed by atoms with Crippen molar-refractivity contribution in [2.24, 2.45) is 5.92 Å².